The van der Waals surface area contributed by atoms with Gasteiger partial charge >= 0.3 is 0 Å². The van der Waals surface area contributed by atoms with Crippen molar-refractivity contribution in [3.05, 3.63) is 64.6 Å². The summed E-state index contributed by atoms with van der Waals surface area (Å²) in [5.74, 6) is 0.602. The van der Waals surface area contributed by atoms with Crippen molar-refractivity contribution in [3.63, 3.8) is 0 Å². The summed E-state index contributed by atoms with van der Waals surface area (Å²) in [5, 5.41) is 6.67. The molecule has 3 rings (SSSR count). The molecule has 28 heavy (non-hydrogen) atoms. The maximum absolute atomic E-state index is 14.2. The van der Waals surface area contributed by atoms with Crippen molar-refractivity contribution in [1.29, 1.82) is 0 Å². The molecule has 0 fully saturated rings. The van der Waals surface area contributed by atoms with Crippen LogP contribution < -0.4 is 14.8 Å². The Hall–Kier alpha value is -3.06. The van der Waals surface area contributed by atoms with Crippen molar-refractivity contribution in [2.45, 2.75) is 6.92 Å². The summed E-state index contributed by atoms with van der Waals surface area (Å²) in [6, 6.07) is 11.3. The molecule has 0 aliphatic rings. The molecule has 3 aromatic rings. The number of aryl methyl sites for hydroxylation is 1. The van der Waals surface area contributed by atoms with Gasteiger partial charge in [0, 0.05) is 0 Å². The number of methoxy groups -OCH3 is 1. The molecule has 0 spiro atoms. The first-order chi connectivity index (χ1) is 13.5. The highest BCUT2D eigenvalue weighted by molar-refractivity contribution is 6.33. The summed E-state index contributed by atoms with van der Waals surface area (Å²) in [7, 11) is 1.58. The van der Waals surface area contributed by atoms with Crippen molar-refractivity contribution in [2.75, 3.05) is 20.3 Å². The first kappa shape index (κ1) is 19.7. The van der Waals surface area contributed by atoms with Crippen LogP contribution >= 0.6 is 11.6 Å². The minimum Gasteiger partial charge on any atom is -0.497 e. The average Bonchev–Trinajstić information content (AvgIpc) is 3.06. The number of nitrogens with one attached hydrogen (secondary N) is 1. The molecule has 0 unspecified atom stereocenters. The largest absolute Gasteiger partial charge is 0.497 e. The molecule has 0 saturated heterocycles. The Bertz CT molecular complexity index is 953. The summed E-state index contributed by atoms with van der Waals surface area (Å²) in [6.07, 6.45) is 0. The molecule has 0 radical (unpaired) electrons. The van der Waals surface area contributed by atoms with Crippen LogP contribution in [0.4, 0.5) is 4.39 Å². The van der Waals surface area contributed by atoms with Crippen LogP contribution in [-0.2, 0) is 0 Å². The van der Waals surface area contributed by atoms with Crippen LogP contribution in [0.25, 0.3) is 11.3 Å². The van der Waals surface area contributed by atoms with Gasteiger partial charge in [-0.15, -0.1) is 0 Å². The van der Waals surface area contributed by atoms with Crippen molar-refractivity contribution in [3.8, 4) is 22.8 Å². The Kier molecular flexibility index (Phi) is 6.16. The van der Waals surface area contributed by atoms with E-state index in [1.165, 1.54) is 18.2 Å². The van der Waals surface area contributed by atoms with Crippen LogP contribution in [0, 0.1) is 12.7 Å². The van der Waals surface area contributed by atoms with Crippen LogP contribution in [0.5, 0.6) is 11.5 Å². The Morgan fingerprint density at radius 3 is 2.61 bits per heavy atom. The van der Waals surface area contributed by atoms with Crippen molar-refractivity contribution < 1.29 is 23.2 Å². The number of ether oxygens (including phenoxy) is 2. The van der Waals surface area contributed by atoms with Crippen molar-refractivity contribution in [1.82, 2.24) is 10.5 Å². The van der Waals surface area contributed by atoms with E-state index in [1.54, 1.807) is 38.3 Å². The zero-order valence-electron chi connectivity index (χ0n) is 15.3. The standard InChI is InChI=1S/C20H18ClFN2O4/c1-12-17(19(24-28-12)18-15(21)4-3-5-16(18)22)20(25)23-10-11-27-14-8-6-13(26-2)7-9-14/h3-9H,10-11H2,1-2H3,(H,23,25). The lowest BCUT2D eigenvalue weighted by molar-refractivity contribution is 0.0946. The molecular formula is C20H18ClFN2O4. The van der Waals surface area contributed by atoms with E-state index in [2.05, 4.69) is 10.5 Å². The molecule has 1 amide bonds. The molecule has 0 aliphatic carbocycles. The molecular weight excluding hydrogens is 387 g/mol. The Labute approximate surface area is 166 Å². The number of benzene rings is 2. The van der Waals surface area contributed by atoms with E-state index in [4.69, 9.17) is 25.6 Å². The van der Waals surface area contributed by atoms with E-state index in [1.807, 2.05) is 0 Å². The minimum absolute atomic E-state index is 0.0284. The van der Waals surface area contributed by atoms with Gasteiger partial charge in [0.15, 0.2) is 0 Å². The Balaban J connectivity index is 1.66. The fourth-order valence-corrected chi connectivity index (χ4v) is 2.88. The van der Waals surface area contributed by atoms with Gasteiger partial charge in [0.05, 0.1) is 24.2 Å². The van der Waals surface area contributed by atoms with Crippen LogP contribution in [0.3, 0.4) is 0 Å². The SMILES string of the molecule is COc1ccc(OCCNC(=O)c2c(-c3c(F)cccc3Cl)noc2C)cc1. The van der Waals surface area contributed by atoms with E-state index in [9.17, 15) is 9.18 Å². The first-order valence-electron chi connectivity index (χ1n) is 8.47. The monoisotopic (exact) mass is 404 g/mol. The second kappa shape index (κ2) is 8.75. The van der Waals surface area contributed by atoms with Gasteiger partial charge in [0.25, 0.3) is 5.91 Å². The predicted molar refractivity (Wildman–Crippen MR) is 102 cm³/mol. The van der Waals surface area contributed by atoms with Crippen LogP contribution in [-0.4, -0.2) is 31.3 Å². The lowest BCUT2D eigenvalue weighted by atomic mass is 10.0. The van der Waals surface area contributed by atoms with Crippen LogP contribution in [0.15, 0.2) is 47.0 Å². The van der Waals surface area contributed by atoms with Crippen LogP contribution in [0.1, 0.15) is 16.1 Å². The van der Waals surface area contributed by atoms with E-state index in [-0.39, 0.29) is 40.8 Å². The molecule has 1 aromatic heterocycles. The molecule has 0 aliphatic heterocycles. The van der Waals surface area contributed by atoms with E-state index in [0.717, 1.165) is 5.75 Å². The molecule has 0 bridgehead atoms. The third-order valence-corrected chi connectivity index (χ3v) is 4.32. The number of hydrogen-bond donors (Lipinski definition) is 1. The molecule has 146 valence electrons. The highest BCUT2D eigenvalue weighted by Crippen LogP contribution is 2.33. The second-order valence-corrected chi connectivity index (χ2v) is 6.25. The molecule has 6 nitrogen and oxygen atoms in total. The average molecular weight is 405 g/mol. The summed E-state index contributed by atoms with van der Waals surface area (Å²) in [6.45, 7) is 2.06. The summed E-state index contributed by atoms with van der Waals surface area (Å²) in [4.78, 5) is 12.6. The van der Waals surface area contributed by atoms with Gasteiger partial charge in [0.2, 0.25) is 0 Å². The number of aromatic nitrogens is 1. The summed E-state index contributed by atoms with van der Waals surface area (Å²) in [5.41, 5.74) is 0.228. The normalized spacial score (nSPS) is 10.6. The fraction of sp³-hybridized carbons (Fsp3) is 0.200. The number of halogens is 2. The van der Waals surface area contributed by atoms with Gasteiger partial charge in [-0.05, 0) is 43.3 Å². The van der Waals surface area contributed by atoms with Gasteiger partial charge in [-0.25, -0.2) is 4.39 Å². The first-order valence-corrected chi connectivity index (χ1v) is 8.84. The zero-order chi connectivity index (χ0) is 20.1. The number of amides is 1. The van der Waals surface area contributed by atoms with E-state index < -0.39 is 11.7 Å². The van der Waals surface area contributed by atoms with Crippen molar-refractivity contribution in [2.24, 2.45) is 0 Å². The molecule has 0 atom stereocenters. The fourth-order valence-electron chi connectivity index (χ4n) is 2.63. The van der Waals surface area contributed by atoms with E-state index in [0.29, 0.717) is 5.75 Å². The molecule has 0 saturated carbocycles. The highest BCUT2D eigenvalue weighted by Gasteiger charge is 2.25. The lowest BCUT2D eigenvalue weighted by Gasteiger charge is -2.09. The maximum atomic E-state index is 14.2. The number of nitrogens with zero attached hydrogens (tertiary/aromatic N) is 1. The van der Waals surface area contributed by atoms with Crippen LogP contribution in [0.2, 0.25) is 5.02 Å². The minimum atomic E-state index is -0.585. The summed E-state index contributed by atoms with van der Waals surface area (Å²) < 4.78 is 30.0. The molecule has 1 N–H and O–H groups in total. The third-order valence-electron chi connectivity index (χ3n) is 4.01. The summed E-state index contributed by atoms with van der Waals surface area (Å²) >= 11 is 6.08. The van der Waals surface area contributed by atoms with Gasteiger partial charge in [-0.2, -0.15) is 0 Å². The Morgan fingerprint density at radius 1 is 1.21 bits per heavy atom. The quantitative estimate of drug-likeness (QED) is 0.595. The number of rotatable bonds is 7. The van der Waals surface area contributed by atoms with Crippen molar-refractivity contribution >= 4 is 17.5 Å². The zero-order valence-corrected chi connectivity index (χ0v) is 16.0. The molecule has 2 aromatic carbocycles. The Morgan fingerprint density at radius 2 is 1.93 bits per heavy atom. The number of carbonyl (C=O) groups is 1. The van der Waals surface area contributed by atoms with E-state index >= 15 is 0 Å². The molecule has 1 heterocycles. The highest BCUT2D eigenvalue weighted by atomic mass is 35.5. The second-order valence-electron chi connectivity index (χ2n) is 5.84. The third kappa shape index (κ3) is 4.26. The number of hydrogen-bond acceptors (Lipinski definition) is 5. The van der Waals surface area contributed by atoms with Gasteiger partial charge in [-0.1, -0.05) is 22.8 Å². The van der Waals surface area contributed by atoms with Gasteiger partial charge < -0.3 is 19.3 Å². The smallest absolute Gasteiger partial charge is 0.257 e. The predicted octanol–water partition coefficient (Wildman–Crippen LogP) is 4.26. The van der Waals surface area contributed by atoms with Gasteiger partial charge in [-0.3, -0.25) is 4.79 Å². The maximum Gasteiger partial charge on any atom is 0.257 e. The lowest BCUT2D eigenvalue weighted by Crippen LogP contribution is -2.28. The topological polar surface area (TPSA) is 73.6 Å². The van der Waals surface area contributed by atoms with Gasteiger partial charge in [0.1, 0.15) is 40.9 Å². The number of carbonyl (C=O) groups excluding carboxylic acids is 1. The molecule has 8 heteroatoms.